The van der Waals surface area contributed by atoms with Crippen molar-refractivity contribution in [2.75, 3.05) is 13.7 Å². The summed E-state index contributed by atoms with van der Waals surface area (Å²) in [5.74, 6) is -0.365. The summed E-state index contributed by atoms with van der Waals surface area (Å²) in [6, 6.07) is 0. The van der Waals surface area contributed by atoms with Crippen LogP contribution in [0.25, 0.3) is 0 Å². The molecule has 0 amide bonds. The van der Waals surface area contributed by atoms with Crippen molar-refractivity contribution in [2.24, 2.45) is 5.92 Å². The van der Waals surface area contributed by atoms with Crippen LogP contribution in [-0.2, 0) is 9.47 Å². The first-order valence-electron chi connectivity index (χ1n) is 4.27. The third kappa shape index (κ3) is 2.00. The van der Waals surface area contributed by atoms with E-state index >= 15 is 0 Å². The average Bonchev–Trinajstić information content (AvgIpc) is 2.15. The molecule has 1 aliphatic heterocycles. The number of aliphatic hydroxyl groups excluding tert-OH is 3. The number of ether oxygens (including phenoxy) is 2. The molecule has 3 unspecified atom stereocenters. The average molecular weight is 192 g/mol. The first-order valence-corrected chi connectivity index (χ1v) is 4.27. The Balaban J connectivity index is 2.66. The molecule has 5 nitrogen and oxygen atoms in total. The molecule has 5 atom stereocenters. The molecule has 1 fully saturated rings. The summed E-state index contributed by atoms with van der Waals surface area (Å²) in [5, 5.41) is 27.9. The SMILES string of the molecule is CO[C@H]1OC(CO)C(O)C(C)[C@H]1O. The third-order valence-electron chi connectivity index (χ3n) is 2.46. The molecule has 78 valence electrons. The first kappa shape index (κ1) is 10.9. The van der Waals surface area contributed by atoms with Crippen molar-refractivity contribution in [3.63, 3.8) is 0 Å². The second-order valence-corrected chi connectivity index (χ2v) is 3.30. The molecule has 13 heavy (non-hydrogen) atoms. The summed E-state index contributed by atoms with van der Waals surface area (Å²) in [7, 11) is 1.41. The van der Waals surface area contributed by atoms with E-state index in [-0.39, 0.29) is 12.5 Å². The van der Waals surface area contributed by atoms with Crippen LogP contribution in [0.1, 0.15) is 6.92 Å². The van der Waals surface area contributed by atoms with Gasteiger partial charge in [-0.1, -0.05) is 6.92 Å². The van der Waals surface area contributed by atoms with E-state index < -0.39 is 24.6 Å². The fourth-order valence-electron chi connectivity index (χ4n) is 1.47. The topological polar surface area (TPSA) is 79.2 Å². The Bertz CT molecular complexity index is 143. The Labute approximate surface area is 76.9 Å². The Hall–Kier alpha value is -0.200. The zero-order valence-electron chi connectivity index (χ0n) is 7.75. The lowest BCUT2D eigenvalue weighted by Gasteiger charge is -2.40. The van der Waals surface area contributed by atoms with Crippen LogP contribution in [0.5, 0.6) is 0 Å². The van der Waals surface area contributed by atoms with Gasteiger partial charge in [-0.05, 0) is 0 Å². The molecule has 1 rings (SSSR count). The molecule has 1 heterocycles. The van der Waals surface area contributed by atoms with E-state index in [0.29, 0.717) is 0 Å². The molecule has 1 aliphatic rings. The zero-order valence-corrected chi connectivity index (χ0v) is 7.75. The Morgan fingerprint density at radius 2 is 1.92 bits per heavy atom. The van der Waals surface area contributed by atoms with Gasteiger partial charge < -0.3 is 24.8 Å². The molecule has 0 radical (unpaired) electrons. The van der Waals surface area contributed by atoms with Gasteiger partial charge in [0.15, 0.2) is 6.29 Å². The van der Waals surface area contributed by atoms with Gasteiger partial charge in [0, 0.05) is 13.0 Å². The summed E-state index contributed by atoms with van der Waals surface area (Å²) in [6.45, 7) is 1.41. The highest BCUT2D eigenvalue weighted by molar-refractivity contribution is 4.86. The monoisotopic (exact) mass is 192 g/mol. The first-order chi connectivity index (χ1) is 6.11. The van der Waals surface area contributed by atoms with E-state index in [1.54, 1.807) is 6.92 Å². The van der Waals surface area contributed by atoms with E-state index in [2.05, 4.69) is 0 Å². The van der Waals surface area contributed by atoms with Crippen molar-refractivity contribution in [2.45, 2.75) is 31.5 Å². The minimum absolute atomic E-state index is 0.280. The third-order valence-corrected chi connectivity index (χ3v) is 2.46. The Morgan fingerprint density at radius 1 is 1.31 bits per heavy atom. The van der Waals surface area contributed by atoms with Crippen molar-refractivity contribution in [1.29, 1.82) is 0 Å². The second kappa shape index (κ2) is 4.34. The van der Waals surface area contributed by atoms with Gasteiger partial charge in [0.25, 0.3) is 0 Å². The van der Waals surface area contributed by atoms with Crippen molar-refractivity contribution >= 4 is 0 Å². The summed E-state index contributed by atoms with van der Waals surface area (Å²) in [5.41, 5.74) is 0. The van der Waals surface area contributed by atoms with Gasteiger partial charge >= 0.3 is 0 Å². The van der Waals surface area contributed by atoms with E-state index in [1.807, 2.05) is 0 Å². The fourth-order valence-corrected chi connectivity index (χ4v) is 1.47. The smallest absolute Gasteiger partial charge is 0.183 e. The van der Waals surface area contributed by atoms with Crippen LogP contribution in [0.2, 0.25) is 0 Å². The fraction of sp³-hybridized carbons (Fsp3) is 1.00. The molecule has 0 spiro atoms. The van der Waals surface area contributed by atoms with Crippen LogP contribution >= 0.6 is 0 Å². The summed E-state index contributed by atoms with van der Waals surface area (Å²) in [6.07, 6.45) is -3.16. The van der Waals surface area contributed by atoms with Crippen LogP contribution in [0.15, 0.2) is 0 Å². The lowest BCUT2D eigenvalue weighted by Crippen LogP contribution is -2.54. The molecule has 0 aromatic heterocycles. The van der Waals surface area contributed by atoms with Gasteiger partial charge in [-0.2, -0.15) is 0 Å². The van der Waals surface area contributed by atoms with Gasteiger partial charge in [-0.25, -0.2) is 0 Å². The predicted octanol–water partition coefficient (Wildman–Crippen LogP) is -1.29. The van der Waals surface area contributed by atoms with Crippen LogP contribution < -0.4 is 0 Å². The highest BCUT2D eigenvalue weighted by Crippen LogP contribution is 2.25. The molecular formula is C8H16O5. The minimum Gasteiger partial charge on any atom is -0.394 e. The zero-order chi connectivity index (χ0) is 10.0. The van der Waals surface area contributed by atoms with Crippen LogP contribution in [-0.4, -0.2) is 53.6 Å². The maximum absolute atomic E-state index is 9.53. The van der Waals surface area contributed by atoms with Crippen molar-refractivity contribution in [1.82, 2.24) is 0 Å². The van der Waals surface area contributed by atoms with E-state index in [1.165, 1.54) is 7.11 Å². The Kier molecular flexibility index (Phi) is 3.63. The lowest BCUT2D eigenvalue weighted by atomic mass is 9.91. The molecule has 3 N–H and O–H groups in total. The molecule has 0 bridgehead atoms. The summed E-state index contributed by atoms with van der Waals surface area (Å²) in [4.78, 5) is 0. The maximum atomic E-state index is 9.53. The molecule has 0 saturated carbocycles. The standard InChI is InChI=1S/C8H16O5/c1-4-6(10)5(3-9)13-8(12-2)7(4)11/h4-11H,3H2,1-2H3/t4?,5?,6?,7-,8+/m1/s1. The van der Waals surface area contributed by atoms with E-state index in [4.69, 9.17) is 14.6 Å². The molecule has 0 aromatic rings. The van der Waals surface area contributed by atoms with Crippen molar-refractivity contribution < 1.29 is 24.8 Å². The quantitative estimate of drug-likeness (QED) is 0.507. The van der Waals surface area contributed by atoms with Gasteiger partial charge in [-0.3, -0.25) is 0 Å². The number of methoxy groups -OCH3 is 1. The largest absolute Gasteiger partial charge is 0.394 e. The molecule has 1 saturated heterocycles. The lowest BCUT2D eigenvalue weighted by molar-refractivity contribution is -0.280. The summed E-state index contributed by atoms with van der Waals surface area (Å²) >= 11 is 0. The number of aliphatic hydroxyl groups is 3. The molecule has 5 heteroatoms. The minimum atomic E-state index is -0.859. The van der Waals surface area contributed by atoms with E-state index in [9.17, 15) is 10.2 Å². The molecule has 0 aliphatic carbocycles. The van der Waals surface area contributed by atoms with Crippen molar-refractivity contribution in [3.8, 4) is 0 Å². The van der Waals surface area contributed by atoms with Gasteiger partial charge in [0.2, 0.25) is 0 Å². The summed E-state index contributed by atoms with van der Waals surface area (Å²) < 4.78 is 9.97. The van der Waals surface area contributed by atoms with Crippen molar-refractivity contribution in [3.05, 3.63) is 0 Å². The van der Waals surface area contributed by atoms with Crippen LogP contribution in [0, 0.1) is 5.92 Å². The van der Waals surface area contributed by atoms with E-state index in [0.717, 1.165) is 0 Å². The Morgan fingerprint density at radius 3 is 2.38 bits per heavy atom. The van der Waals surface area contributed by atoms with Gasteiger partial charge in [0.1, 0.15) is 12.2 Å². The van der Waals surface area contributed by atoms with Crippen LogP contribution in [0.4, 0.5) is 0 Å². The number of hydrogen-bond acceptors (Lipinski definition) is 5. The number of hydrogen-bond donors (Lipinski definition) is 3. The second-order valence-electron chi connectivity index (χ2n) is 3.30. The van der Waals surface area contributed by atoms with Crippen LogP contribution in [0.3, 0.4) is 0 Å². The molecule has 0 aromatic carbocycles. The van der Waals surface area contributed by atoms with Gasteiger partial charge in [0.05, 0.1) is 12.7 Å². The predicted molar refractivity (Wildman–Crippen MR) is 43.9 cm³/mol. The highest BCUT2D eigenvalue weighted by Gasteiger charge is 2.41. The maximum Gasteiger partial charge on any atom is 0.183 e. The normalized spacial score (nSPS) is 46.4. The highest BCUT2D eigenvalue weighted by atomic mass is 16.7. The number of rotatable bonds is 2. The molecular weight excluding hydrogens is 176 g/mol. The van der Waals surface area contributed by atoms with Gasteiger partial charge in [-0.15, -0.1) is 0 Å².